The molecule has 0 aliphatic heterocycles. The Labute approximate surface area is 97.8 Å². The zero-order valence-corrected chi connectivity index (χ0v) is 9.52. The summed E-state index contributed by atoms with van der Waals surface area (Å²) in [5.41, 5.74) is 0.299. The smallest absolute Gasteiger partial charge is 0.271 e. The molecule has 0 spiro atoms. The third-order valence-electron chi connectivity index (χ3n) is 2.15. The molecule has 1 rings (SSSR count). The maximum absolute atomic E-state index is 11.6. The SMILES string of the molecule is CCC(=O)c1ccc([N+](=O)[O-])cc1NC(C)=O. The first-order chi connectivity index (χ1) is 7.95. The van der Waals surface area contributed by atoms with Crippen LogP contribution in [0.15, 0.2) is 18.2 Å². The van der Waals surface area contributed by atoms with E-state index in [-0.39, 0.29) is 35.0 Å². The number of non-ortho nitro benzene ring substituents is 1. The number of hydrogen-bond acceptors (Lipinski definition) is 4. The largest absolute Gasteiger partial charge is 0.325 e. The van der Waals surface area contributed by atoms with E-state index in [0.717, 1.165) is 0 Å². The maximum Gasteiger partial charge on any atom is 0.271 e. The molecule has 0 saturated carbocycles. The molecule has 0 aliphatic rings. The number of hydrogen-bond donors (Lipinski definition) is 1. The minimum absolute atomic E-state index is 0.165. The summed E-state index contributed by atoms with van der Waals surface area (Å²) in [6.07, 6.45) is 0.268. The summed E-state index contributed by atoms with van der Waals surface area (Å²) >= 11 is 0. The third kappa shape index (κ3) is 3.10. The lowest BCUT2D eigenvalue weighted by Gasteiger charge is -2.07. The van der Waals surface area contributed by atoms with Crippen LogP contribution >= 0.6 is 0 Å². The minimum Gasteiger partial charge on any atom is -0.325 e. The molecule has 6 heteroatoms. The van der Waals surface area contributed by atoms with Gasteiger partial charge in [0.25, 0.3) is 5.69 Å². The highest BCUT2D eigenvalue weighted by molar-refractivity contribution is 6.04. The van der Waals surface area contributed by atoms with E-state index in [4.69, 9.17) is 0 Å². The summed E-state index contributed by atoms with van der Waals surface area (Å²) in [5, 5.41) is 13.0. The van der Waals surface area contributed by atoms with Crippen LogP contribution < -0.4 is 5.32 Å². The molecule has 0 fully saturated rings. The van der Waals surface area contributed by atoms with Gasteiger partial charge in [-0.2, -0.15) is 0 Å². The molecule has 1 aromatic carbocycles. The van der Waals surface area contributed by atoms with Crippen molar-refractivity contribution in [2.24, 2.45) is 0 Å². The van der Waals surface area contributed by atoms with Gasteiger partial charge in [-0.05, 0) is 6.07 Å². The van der Waals surface area contributed by atoms with Crippen molar-refractivity contribution in [1.82, 2.24) is 0 Å². The molecule has 6 nitrogen and oxygen atoms in total. The van der Waals surface area contributed by atoms with Gasteiger partial charge in [0.15, 0.2) is 5.78 Å². The predicted octanol–water partition coefficient (Wildman–Crippen LogP) is 2.15. The molecule has 1 N–H and O–H groups in total. The van der Waals surface area contributed by atoms with E-state index in [0.29, 0.717) is 0 Å². The first kappa shape index (κ1) is 12.8. The quantitative estimate of drug-likeness (QED) is 0.492. The molecule has 1 aromatic rings. The third-order valence-corrected chi connectivity index (χ3v) is 2.15. The van der Waals surface area contributed by atoms with Crippen LogP contribution in [0.3, 0.4) is 0 Å². The second-order valence-corrected chi connectivity index (χ2v) is 3.44. The Kier molecular flexibility index (Phi) is 3.92. The summed E-state index contributed by atoms with van der Waals surface area (Å²) in [5.74, 6) is -0.556. The molecule has 0 unspecified atom stereocenters. The number of carbonyl (C=O) groups excluding carboxylic acids is 2. The van der Waals surface area contributed by atoms with E-state index >= 15 is 0 Å². The maximum atomic E-state index is 11.6. The zero-order valence-electron chi connectivity index (χ0n) is 9.52. The number of nitro benzene ring substituents is 1. The monoisotopic (exact) mass is 236 g/mol. The average Bonchev–Trinajstić information content (AvgIpc) is 2.27. The van der Waals surface area contributed by atoms with Gasteiger partial charge in [0.2, 0.25) is 5.91 Å². The van der Waals surface area contributed by atoms with Crippen molar-refractivity contribution >= 4 is 23.1 Å². The van der Waals surface area contributed by atoms with Crippen molar-refractivity contribution in [2.75, 3.05) is 5.32 Å². The van der Waals surface area contributed by atoms with Gasteiger partial charge in [-0.25, -0.2) is 0 Å². The number of amides is 1. The molecule has 1 amide bonds. The fourth-order valence-corrected chi connectivity index (χ4v) is 1.37. The Morgan fingerprint density at radius 3 is 2.53 bits per heavy atom. The highest BCUT2D eigenvalue weighted by atomic mass is 16.6. The topological polar surface area (TPSA) is 89.3 Å². The number of ketones is 1. The molecule has 0 aromatic heterocycles. The van der Waals surface area contributed by atoms with Crippen LogP contribution in [0.1, 0.15) is 30.6 Å². The molecule has 17 heavy (non-hydrogen) atoms. The fourth-order valence-electron chi connectivity index (χ4n) is 1.37. The second-order valence-electron chi connectivity index (χ2n) is 3.44. The Balaban J connectivity index is 3.25. The first-order valence-corrected chi connectivity index (χ1v) is 5.05. The zero-order chi connectivity index (χ0) is 13.0. The molecule has 0 aliphatic carbocycles. The highest BCUT2D eigenvalue weighted by Crippen LogP contribution is 2.23. The lowest BCUT2D eigenvalue weighted by molar-refractivity contribution is -0.384. The molecule has 0 bridgehead atoms. The molecular weight excluding hydrogens is 224 g/mol. The molecular formula is C11H12N2O4. The lowest BCUT2D eigenvalue weighted by Crippen LogP contribution is -2.11. The summed E-state index contributed by atoms with van der Waals surface area (Å²) in [6, 6.07) is 3.79. The normalized spacial score (nSPS) is 9.76. The lowest BCUT2D eigenvalue weighted by atomic mass is 10.1. The van der Waals surface area contributed by atoms with Gasteiger partial charge < -0.3 is 5.32 Å². The number of carbonyl (C=O) groups is 2. The van der Waals surface area contributed by atoms with E-state index in [9.17, 15) is 19.7 Å². The fraction of sp³-hybridized carbons (Fsp3) is 0.273. The number of nitrogens with zero attached hydrogens (tertiary/aromatic N) is 1. The van der Waals surface area contributed by atoms with Crippen LogP contribution in [-0.2, 0) is 4.79 Å². The van der Waals surface area contributed by atoms with Crippen molar-refractivity contribution < 1.29 is 14.5 Å². The Morgan fingerprint density at radius 2 is 2.06 bits per heavy atom. The number of nitrogens with one attached hydrogen (secondary N) is 1. The molecule has 90 valence electrons. The van der Waals surface area contributed by atoms with Gasteiger partial charge in [0.05, 0.1) is 10.6 Å². The molecule has 0 heterocycles. The van der Waals surface area contributed by atoms with Gasteiger partial charge in [-0.3, -0.25) is 19.7 Å². The minimum atomic E-state index is -0.578. The Bertz CT molecular complexity index is 482. The van der Waals surface area contributed by atoms with Crippen molar-refractivity contribution in [3.8, 4) is 0 Å². The van der Waals surface area contributed by atoms with Crippen LogP contribution in [0.25, 0.3) is 0 Å². The summed E-state index contributed by atoms with van der Waals surface area (Å²) in [6.45, 7) is 2.96. The number of rotatable bonds is 4. The summed E-state index contributed by atoms with van der Waals surface area (Å²) in [7, 11) is 0. The van der Waals surface area contributed by atoms with Crippen LogP contribution in [0.2, 0.25) is 0 Å². The van der Waals surface area contributed by atoms with E-state index < -0.39 is 4.92 Å². The van der Waals surface area contributed by atoms with Gasteiger partial charge in [0.1, 0.15) is 0 Å². The van der Waals surface area contributed by atoms with Crippen molar-refractivity contribution in [3.63, 3.8) is 0 Å². The van der Waals surface area contributed by atoms with E-state index in [1.54, 1.807) is 6.92 Å². The summed E-state index contributed by atoms with van der Waals surface area (Å²) < 4.78 is 0. The van der Waals surface area contributed by atoms with Crippen LogP contribution in [0.4, 0.5) is 11.4 Å². The van der Waals surface area contributed by atoms with E-state index in [1.807, 2.05) is 0 Å². The number of nitro groups is 1. The Morgan fingerprint density at radius 1 is 1.41 bits per heavy atom. The standard InChI is InChI=1S/C11H12N2O4/c1-3-11(15)9-5-4-8(13(16)17)6-10(9)12-7(2)14/h4-6H,3H2,1-2H3,(H,12,14). The number of benzene rings is 1. The van der Waals surface area contributed by atoms with E-state index in [2.05, 4.69) is 5.32 Å². The van der Waals surface area contributed by atoms with E-state index in [1.165, 1.54) is 25.1 Å². The van der Waals surface area contributed by atoms with Gasteiger partial charge in [0, 0.05) is 31.0 Å². The van der Waals surface area contributed by atoms with Crippen molar-refractivity contribution in [2.45, 2.75) is 20.3 Å². The van der Waals surface area contributed by atoms with Gasteiger partial charge in [-0.1, -0.05) is 6.92 Å². The van der Waals surface area contributed by atoms with Gasteiger partial charge in [-0.15, -0.1) is 0 Å². The molecule has 0 saturated heterocycles. The number of Topliss-reactive ketones (excluding diaryl/α,β-unsaturated/α-hetero) is 1. The molecule has 0 radical (unpaired) electrons. The Hall–Kier alpha value is -2.24. The second kappa shape index (κ2) is 5.20. The van der Waals surface area contributed by atoms with Crippen molar-refractivity contribution in [3.05, 3.63) is 33.9 Å². The van der Waals surface area contributed by atoms with Crippen LogP contribution in [-0.4, -0.2) is 16.6 Å². The predicted molar refractivity (Wildman–Crippen MR) is 62.0 cm³/mol. The average molecular weight is 236 g/mol. The summed E-state index contributed by atoms with van der Waals surface area (Å²) in [4.78, 5) is 32.6. The highest BCUT2D eigenvalue weighted by Gasteiger charge is 2.15. The number of anilines is 1. The molecule has 0 atom stereocenters. The van der Waals surface area contributed by atoms with Crippen LogP contribution in [0.5, 0.6) is 0 Å². The first-order valence-electron chi connectivity index (χ1n) is 5.05. The van der Waals surface area contributed by atoms with Gasteiger partial charge >= 0.3 is 0 Å². The van der Waals surface area contributed by atoms with Crippen molar-refractivity contribution in [1.29, 1.82) is 0 Å². The van der Waals surface area contributed by atoms with Crippen LogP contribution in [0, 0.1) is 10.1 Å².